The van der Waals surface area contributed by atoms with Crippen molar-refractivity contribution in [1.82, 2.24) is 19.7 Å². The van der Waals surface area contributed by atoms with Gasteiger partial charge in [-0.1, -0.05) is 0 Å². The van der Waals surface area contributed by atoms with E-state index in [1.54, 1.807) is 6.20 Å². The molecule has 0 fully saturated rings. The molecule has 0 radical (unpaired) electrons. The quantitative estimate of drug-likeness (QED) is 0.669. The van der Waals surface area contributed by atoms with Crippen LogP contribution in [0.1, 0.15) is 24.4 Å². The van der Waals surface area contributed by atoms with Gasteiger partial charge in [0.25, 0.3) is 0 Å². The van der Waals surface area contributed by atoms with E-state index < -0.39 is 0 Å². The lowest BCUT2D eigenvalue weighted by Crippen LogP contribution is -2.28. The SMILES string of the molecule is C[C@@H]1NCCc2nc3cnccn3c21. The summed E-state index contributed by atoms with van der Waals surface area (Å²) in [4.78, 5) is 8.64. The van der Waals surface area contributed by atoms with Crippen molar-refractivity contribution >= 4 is 5.65 Å². The van der Waals surface area contributed by atoms with E-state index in [-0.39, 0.29) is 0 Å². The molecule has 3 heterocycles. The molecule has 0 spiro atoms. The first kappa shape index (κ1) is 7.94. The molecule has 1 atom stereocenters. The maximum absolute atomic E-state index is 4.56. The van der Waals surface area contributed by atoms with Crippen LogP contribution in [0.3, 0.4) is 0 Å². The second-order valence-corrected chi connectivity index (χ2v) is 3.67. The van der Waals surface area contributed by atoms with Crippen molar-refractivity contribution in [2.24, 2.45) is 0 Å². The van der Waals surface area contributed by atoms with Crippen LogP contribution in [-0.4, -0.2) is 20.9 Å². The third-order valence-corrected chi connectivity index (χ3v) is 2.77. The Morgan fingerprint density at radius 1 is 1.57 bits per heavy atom. The zero-order chi connectivity index (χ0) is 9.54. The minimum Gasteiger partial charge on any atom is -0.308 e. The summed E-state index contributed by atoms with van der Waals surface area (Å²) >= 11 is 0. The Labute approximate surface area is 82.0 Å². The summed E-state index contributed by atoms with van der Waals surface area (Å²) in [6, 6.07) is 0.385. The Bertz CT molecular complexity index is 474. The van der Waals surface area contributed by atoms with E-state index in [9.17, 15) is 0 Å². The molecule has 0 unspecified atom stereocenters. The van der Waals surface area contributed by atoms with E-state index in [0.717, 1.165) is 18.6 Å². The molecule has 1 aliphatic heterocycles. The fourth-order valence-corrected chi connectivity index (χ4v) is 2.12. The molecule has 4 nitrogen and oxygen atoms in total. The van der Waals surface area contributed by atoms with E-state index in [1.165, 1.54) is 11.4 Å². The van der Waals surface area contributed by atoms with Crippen LogP contribution in [0.2, 0.25) is 0 Å². The van der Waals surface area contributed by atoms with Crippen LogP contribution in [0.15, 0.2) is 18.6 Å². The van der Waals surface area contributed by atoms with Gasteiger partial charge in [0.15, 0.2) is 5.65 Å². The van der Waals surface area contributed by atoms with Gasteiger partial charge >= 0.3 is 0 Å². The summed E-state index contributed by atoms with van der Waals surface area (Å²) in [6.07, 6.45) is 6.60. The van der Waals surface area contributed by atoms with E-state index in [2.05, 4.69) is 26.6 Å². The lowest BCUT2D eigenvalue weighted by atomic mass is 10.1. The zero-order valence-corrected chi connectivity index (χ0v) is 8.07. The molecule has 1 N–H and O–H groups in total. The molecule has 0 bridgehead atoms. The van der Waals surface area contributed by atoms with Crippen molar-refractivity contribution in [3.63, 3.8) is 0 Å². The van der Waals surface area contributed by atoms with Crippen molar-refractivity contribution in [2.45, 2.75) is 19.4 Å². The highest BCUT2D eigenvalue weighted by molar-refractivity contribution is 5.42. The van der Waals surface area contributed by atoms with Gasteiger partial charge in [-0.05, 0) is 6.92 Å². The first-order chi connectivity index (χ1) is 6.86. The topological polar surface area (TPSA) is 42.2 Å². The molecule has 0 aliphatic carbocycles. The van der Waals surface area contributed by atoms with Crippen LogP contribution in [0.25, 0.3) is 5.65 Å². The van der Waals surface area contributed by atoms with Crippen LogP contribution in [-0.2, 0) is 6.42 Å². The summed E-state index contributed by atoms with van der Waals surface area (Å²) in [7, 11) is 0. The third-order valence-electron chi connectivity index (χ3n) is 2.77. The predicted molar refractivity (Wildman–Crippen MR) is 53.1 cm³/mol. The van der Waals surface area contributed by atoms with Gasteiger partial charge in [0.1, 0.15) is 0 Å². The molecule has 72 valence electrons. The molecule has 0 saturated carbocycles. The van der Waals surface area contributed by atoms with E-state index in [1.807, 2.05) is 12.4 Å². The monoisotopic (exact) mass is 188 g/mol. The Hall–Kier alpha value is -1.42. The minimum absolute atomic E-state index is 0.385. The van der Waals surface area contributed by atoms with Gasteiger partial charge in [-0.25, -0.2) is 4.98 Å². The van der Waals surface area contributed by atoms with Gasteiger partial charge < -0.3 is 5.32 Å². The maximum atomic E-state index is 4.56. The van der Waals surface area contributed by atoms with Crippen molar-refractivity contribution in [3.05, 3.63) is 30.0 Å². The molecule has 1 aliphatic rings. The Balaban J connectivity index is 2.34. The smallest absolute Gasteiger partial charge is 0.155 e. The van der Waals surface area contributed by atoms with Gasteiger partial charge in [0.2, 0.25) is 0 Å². The maximum Gasteiger partial charge on any atom is 0.155 e. The molecule has 0 saturated heterocycles. The van der Waals surface area contributed by atoms with Crippen LogP contribution in [0, 0.1) is 0 Å². The van der Waals surface area contributed by atoms with Crippen molar-refractivity contribution < 1.29 is 0 Å². The fourth-order valence-electron chi connectivity index (χ4n) is 2.12. The van der Waals surface area contributed by atoms with Gasteiger partial charge in [0, 0.05) is 31.4 Å². The number of fused-ring (bicyclic) bond motifs is 3. The highest BCUT2D eigenvalue weighted by atomic mass is 15.1. The average Bonchev–Trinajstić information content (AvgIpc) is 2.57. The largest absolute Gasteiger partial charge is 0.308 e. The Kier molecular flexibility index (Phi) is 1.58. The van der Waals surface area contributed by atoms with Gasteiger partial charge in [-0.2, -0.15) is 0 Å². The number of aromatic nitrogens is 3. The molecule has 14 heavy (non-hydrogen) atoms. The van der Waals surface area contributed by atoms with Crippen molar-refractivity contribution in [1.29, 1.82) is 0 Å². The second kappa shape index (κ2) is 2.78. The molecule has 2 aromatic heterocycles. The zero-order valence-electron chi connectivity index (χ0n) is 8.07. The molecular weight excluding hydrogens is 176 g/mol. The number of hydrogen-bond acceptors (Lipinski definition) is 3. The summed E-state index contributed by atoms with van der Waals surface area (Å²) in [6.45, 7) is 3.19. The summed E-state index contributed by atoms with van der Waals surface area (Å²) in [5, 5.41) is 3.44. The number of rotatable bonds is 0. The van der Waals surface area contributed by atoms with Gasteiger partial charge in [-0.3, -0.25) is 9.38 Å². The first-order valence-electron chi connectivity index (χ1n) is 4.90. The molecular formula is C10H12N4. The van der Waals surface area contributed by atoms with Crippen molar-refractivity contribution in [2.75, 3.05) is 6.54 Å². The standard InChI is InChI=1S/C10H12N4/c1-7-10-8(2-3-12-7)13-9-6-11-4-5-14(9)10/h4-7,12H,2-3H2,1H3/t7-/m0/s1. The van der Waals surface area contributed by atoms with Gasteiger partial charge in [0.05, 0.1) is 17.6 Å². The van der Waals surface area contributed by atoms with Crippen LogP contribution in [0.5, 0.6) is 0 Å². The number of nitrogens with one attached hydrogen (secondary N) is 1. The Morgan fingerprint density at radius 3 is 3.43 bits per heavy atom. The van der Waals surface area contributed by atoms with Crippen LogP contribution >= 0.6 is 0 Å². The molecule has 3 rings (SSSR count). The lowest BCUT2D eigenvalue weighted by molar-refractivity contribution is 0.521. The molecule has 2 aromatic rings. The molecule has 0 aromatic carbocycles. The lowest BCUT2D eigenvalue weighted by Gasteiger charge is -2.19. The number of imidazole rings is 1. The number of nitrogens with zero attached hydrogens (tertiary/aromatic N) is 3. The molecule has 0 amide bonds. The highest BCUT2D eigenvalue weighted by Crippen LogP contribution is 2.22. The highest BCUT2D eigenvalue weighted by Gasteiger charge is 2.21. The van der Waals surface area contributed by atoms with Crippen LogP contribution in [0.4, 0.5) is 0 Å². The molecule has 4 heteroatoms. The van der Waals surface area contributed by atoms with Crippen LogP contribution < -0.4 is 5.32 Å². The van der Waals surface area contributed by atoms with E-state index in [0.29, 0.717) is 6.04 Å². The summed E-state index contributed by atoms with van der Waals surface area (Å²) < 4.78 is 2.12. The first-order valence-corrected chi connectivity index (χ1v) is 4.90. The summed E-state index contributed by atoms with van der Waals surface area (Å²) in [5.41, 5.74) is 3.45. The second-order valence-electron chi connectivity index (χ2n) is 3.67. The fraction of sp³-hybridized carbons (Fsp3) is 0.400. The van der Waals surface area contributed by atoms with E-state index >= 15 is 0 Å². The normalized spacial score (nSPS) is 21.1. The summed E-state index contributed by atoms with van der Waals surface area (Å²) in [5.74, 6) is 0. The van der Waals surface area contributed by atoms with Crippen molar-refractivity contribution in [3.8, 4) is 0 Å². The minimum atomic E-state index is 0.385. The number of hydrogen-bond donors (Lipinski definition) is 1. The average molecular weight is 188 g/mol. The van der Waals surface area contributed by atoms with Gasteiger partial charge in [-0.15, -0.1) is 0 Å². The predicted octanol–water partition coefficient (Wildman–Crippen LogP) is 0.936. The van der Waals surface area contributed by atoms with E-state index in [4.69, 9.17) is 0 Å². The third kappa shape index (κ3) is 0.974. The Morgan fingerprint density at radius 2 is 2.50 bits per heavy atom.